The summed E-state index contributed by atoms with van der Waals surface area (Å²) in [6.07, 6.45) is 0. The number of anilines is 1. The van der Waals surface area contributed by atoms with Crippen molar-refractivity contribution in [2.24, 2.45) is 0 Å². The molecule has 160 valence electrons. The Morgan fingerprint density at radius 1 is 0.812 bits per heavy atom. The minimum absolute atomic E-state index is 0.188. The lowest BCUT2D eigenvalue weighted by molar-refractivity contribution is -0.134. The second-order valence-electron chi connectivity index (χ2n) is 6.92. The number of esters is 1. The molecule has 1 aliphatic rings. The molecule has 0 fully saturated rings. The van der Waals surface area contributed by atoms with Crippen LogP contribution in [0.1, 0.15) is 31.1 Å². The quantitative estimate of drug-likeness (QED) is 0.366. The van der Waals surface area contributed by atoms with Gasteiger partial charge in [0.15, 0.2) is 0 Å². The van der Waals surface area contributed by atoms with Gasteiger partial charge in [-0.1, -0.05) is 12.1 Å². The van der Waals surface area contributed by atoms with Gasteiger partial charge in [-0.3, -0.25) is 19.3 Å². The normalized spacial score (nSPS) is 12.3. The van der Waals surface area contributed by atoms with Gasteiger partial charge in [-0.15, -0.1) is 0 Å². The molecule has 3 amide bonds. The monoisotopic (exact) mass is 430 g/mol. The summed E-state index contributed by atoms with van der Waals surface area (Å²) >= 11 is 0. The fourth-order valence-corrected chi connectivity index (χ4v) is 3.23. The summed E-state index contributed by atoms with van der Waals surface area (Å²) in [6.45, 7) is -0.508. The molecule has 0 bridgehead atoms. The van der Waals surface area contributed by atoms with Gasteiger partial charge >= 0.3 is 5.97 Å². The third-order valence-electron chi connectivity index (χ3n) is 4.86. The molecule has 3 aromatic carbocycles. The third kappa shape index (κ3) is 4.20. The average Bonchev–Trinajstić information content (AvgIpc) is 3.05. The molecule has 32 heavy (non-hydrogen) atoms. The highest BCUT2D eigenvalue weighted by molar-refractivity contribution is 6.22. The van der Waals surface area contributed by atoms with E-state index in [0.29, 0.717) is 17.0 Å². The lowest BCUT2D eigenvalue weighted by Crippen LogP contribution is -2.36. The number of carbonyl (C=O) groups excluding carboxylic acids is 4. The van der Waals surface area contributed by atoms with E-state index < -0.39 is 24.3 Å². The highest BCUT2D eigenvalue weighted by atomic mass is 16.5. The first-order valence-electron chi connectivity index (χ1n) is 9.67. The van der Waals surface area contributed by atoms with Gasteiger partial charge in [0.1, 0.15) is 18.0 Å². The largest absolute Gasteiger partial charge is 0.497 e. The van der Waals surface area contributed by atoms with Crippen molar-refractivity contribution in [3.05, 3.63) is 89.5 Å². The lowest BCUT2D eigenvalue weighted by Gasteiger charge is -2.13. The van der Waals surface area contributed by atoms with E-state index in [1.165, 1.54) is 36.4 Å². The van der Waals surface area contributed by atoms with Crippen LogP contribution in [-0.2, 0) is 4.79 Å². The summed E-state index contributed by atoms with van der Waals surface area (Å²) in [5.41, 5.74) is 1.49. The van der Waals surface area contributed by atoms with E-state index in [1.807, 2.05) is 0 Å². The van der Waals surface area contributed by atoms with Gasteiger partial charge in [0, 0.05) is 11.3 Å². The van der Waals surface area contributed by atoms with Gasteiger partial charge in [0.05, 0.1) is 18.2 Å². The summed E-state index contributed by atoms with van der Waals surface area (Å²) in [4.78, 5) is 50.2. The third-order valence-corrected chi connectivity index (χ3v) is 4.86. The fraction of sp³-hybridized carbons (Fsp3) is 0.0833. The standard InChI is InChI=1S/C24H18N2O6/c1-31-17-12-8-16(9-13-17)25-22(28)15-6-10-18(11-7-15)32-21(27)14-26-23(29)19-4-2-3-5-20(19)24(26)30/h2-13H,14H2,1H3,(H,25,28). The molecule has 0 aromatic heterocycles. The van der Waals surface area contributed by atoms with Crippen molar-refractivity contribution in [2.45, 2.75) is 0 Å². The van der Waals surface area contributed by atoms with Crippen LogP contribution in [0.5, 0.6) is 11.5 Å². The van der Waals surface area contributed by atoms with Crippen molar-refractivity contribution in [2.75, 3.05) is 19.0 Å². The first kappa shape index (κ1) is 20.8. The molecule has 1 aliphatic heterocycles. The van der Waals surface area contributed by atoms with E-state index in [4.69, 9.17) is 9.47 Å². The molecule has 0 atom stereocenters. The SMILES string of the molecule is COc1ccc(NC(=O)c2ccc(OC(=O)CN3C(=O)c4ccccc4C3=O)cc2)cc1. The van der Waals surface area contributed by atoms with Crippen molar-refractivity contribution in [1.29, 1.82) is 0 Å². The molecule has 0 saturated carbocycles. The number of benzene rings is 3. The van der Waals surface area contributed by atoms with Crippen LogP contribution in [0.2, 0.25) is 0 Å². The van der Waals surface area contributed by atoms with Crippen molar-refractivity contribution < 1.29 is 28.7 Å². The number of imide groups is 1. The van der Waals surface area contributed by atoms with Gasteiger partial charge < -0.3 is 14.8 Å². The van der Waals surface area contributed by atoms with Crippen LogP contribution in [0.15, 0.2) is 72.8 Å². The Morgan fingerprint density at radius 2 is 1.38 bits per heavy atom. The van der Waals surface area contributed by atoms with Crippen molar-refractivity contribution in [1.82, 2.24) is 4.90 Å². The summed E-state index contributed by atoms with van der Waals surface area (Å²) in [7, 11) is 1.56. The van der Waals surface area contributed by atoms with Crippen LogP contribution in [0.4, 0.5) is 5.69 Å². The number of rotatable bonds is 6. The molecule has 0 spiro atoms. The first-order valence-corrected chi connectivity index (χ1v) is 9.67. The smallest absolute Gasteiger partial charge is 0.331 e. The zero-order valence-corrected chi connectivity index (χ0v) is 17.0. The lowest BCUT2D eigenvalue weighted by atomic mass is 10.1. The molecule has 0 radical (unpaired) electrons. The van der Waals surface area contributed by atoms with Crippen LogP contribution in [-0.4, -0.2) is 42.2 Å². The van der Waals surface area contributed by atoms with Gasteiger partial charge in [-0.2, -0.15) is 0 Å². The second kappa shape index (κ2) is 8.73. The Kier molecular flexibility index (Phi) is 5.67. The van der Waals surface area contributed by atoms with Crippen molar-refractivity contribution >= 4 is 29.4 Å². The van der Waals surface area contributed by atoms with E-state index in [2.05, 4.69) is 5.32 Å². The maximum atomic E-state index is 12.4. The van der Waals surface area contributed by atoms with Crippen LogP contribution in [0.25, 0.3) is 0 Å². The number of hydrogen-bond donors (Lipinski definition) is 1. The Morgan fingerprint density at radius 3 is 1.94 bits per heavy atom. The fourth-order valence-electron chi connectivity index (χ4n) is 3.23. The van der Waals surface area contributed by atoms with E-state index in [1.54, 1.807) is 43.5 Å². The second-order valence-corrected chi connectivity index (χ2v) is 6.92. The molecule has 3 aromatic rings. The highest BCUT2D eigenvalue weighted by Crippen LogP contribution is 2.23. The average molecular weight is 430 g/mol. The highest BCUT2D eigenvalue weighted by Gasteiger charge is 2.36. The van der Waals surface area contributed by atoms with Crippen LogP contribution >= 0.6 is 0 Å². The van der Waals surface area contributed by atoms with Crippen LogP contribution < -0.4 is 14.8 Å². The molecule has 0 saturated heterocycles. The summed E-state index contributed by atoms with van der Waals surface area (Å²) < 4.78 is 10.3. The zero-order valence-electron chi connectivity index (χ0n) is 17.0. The molecule has 1 N–H and O–H groups in total. The van der Waals surface area contributed by atoms with Crippen molar-refractivity contribution in [3.63, 3.8) is 0 Å². The molecule has 8 nitrogen and oxygen atoms in total. The van der Waals surface area contributed by atoms with E-state index in [9.17, 15) is 19.2 Å². The maximum Gasteiger partial charge on any atom is 0.331 e. The van der Waals surface area contributed by atoms with Crippen molar-refractivity contribution in [3.8, 4) is 11.5 Å². The predicted octanol–water partition coefficient (Wildman–Crippen LogP) is 3.15. The predicted molar refractivity (Wildman–Crippen MR) is 115 cm³/mol. The number of carbonyl (C=O) groups is 4. The topological polar surface area (TPSA) is 102 Å². The Hall–Kier alpha value is -4.46. The number of nitrogens with one attached hydrogen (secondary N) is 1. The number of fused-ring (bicyclic) bond motifs is 1. The van der Waals surface area contributed by atoms with E-state index >= 15 is 0 Å². The molecular formula is C24H18N2O6. The van der Waals surface area contributed by atoms with Gasteiger partial charge in [0.25, 0.3) is 17.7 Å². The van der Waals surface area contributed by atoms with E-state index in [-0.39, 0.29) is 22.8 Å². The van der Waals surface area contributed by atoms with Gasteiger partial charge in [-0.05, 0) is 60.7 Å². The van der Waals surface area contributed by atoms with E-state index in [0.717, 1.165) is 4.90 Å². The van der Waals surface area contributed by atoms with Gasteiger partial charge in [0.2, 0.25) is 0 Å². The number of methoxy groups -OCH3 is 1. The Bertz CT molecular complexity index is 1170. The summed E-state index contributed by atoms with van der Waals surface area (Å²) in [5.74, 6) is -1.31. The summed E-state index contributed by atoms with van der Waals surface area (Å²) in [6, 6.07) is 19.2. The Balaban J connectivity index is 1.35. The molecule has 0 unspecified atom stereocenters. The molecule has 1 heterocycles. The molecular weight excluding hydrogens is 412 g/mol. The molecule has 0 aliphatic carbocycles. The maximum absolute atomic E-state index is 12.4. The van der Waals surface area contributed by atoms with Crippen LogP contribution in [0, 0.1) is 0 Å². The molecule has 8 heteroatoms. The minimum Gasteiger partial charge on any atom is -0.497 e. The molecule has 4 rings (SSSR count). The first-order chi connectivity index (χ1) is 15.5. The van der Waals surface area contributed by atoms with Gasteiger partial charge in [-0.25, -0.2) is 4.79 Å². The summed E-state index contributed by atoms with van der Waals surface area (Å²) in [5, 5.41) is 2.75. The zero-order chi connectivity index (χ0) is 22.7. The Labute approximate surface area is 183 Å². The number of amides is 3. The number of nitrogens with zero attached hydrogens (tertiary/aromatic N) is 1. The minimum atomic E-state index is -0.769. The number of hydrogen-bond acceptors (Lipinski definition) is 6. The van der Waals surface area contributed by atoms with Crippen LogP contribution in [0.3, 0.4) is 0 Å². The number of ether oxygens (including phenoxy) is 2.